The van der Waals surface area contributed by atoms with Gasteiger partial charge in [-0.2, -0.15) is 10.5 Å². The number of aromatic hydroxyl groups is 1. The molecule has 14 atom stereocenters. The molecule has 20 rings (SSSR count). The van der Waals surface area contributed by atoms with Crippen LogP contribution in [0.5, 0.6) is 80.5 Å². The summed E-state index contributed by atoms with van der Waals surface area (Å²) in [6, 6.07) is 12.7. The fraction of sp³-hybridized carbons (Fsp3) is 0.518. The van der Waals surface area contributed by atoms with Gasteiger partial charge in [0, 0.05) is 93.3 Å². The van der Waals surface area contributed by atoms with Gasteiger partial charge in [-0.3, -0.25) is 30.2 Å². The van der Waals surface area contributed by atoms with Crippen LogP contribution in [0.25, 0.3) is 0 Å². The molecule has 608 valence electrons. The van der Waals surface area contributed by atoms with E-state index in [9.17, 15) is 25.2 Å². The third-order valence-corrected chi connectivity index (χ3v) is 28.7. The van der Waals surface area contributed by atoms with Crippen LogP contribution < -0.4 is 72.2 Å². The number of hydrogen-bond donors (Lipinski definition) is 3. The minimum Gasteiger partial charge on any atom is -0.504 e. The zero-order valence-electron chi connectivity index (χ0n) is 67.6. The highest BCUT2D eigenvalue weighted by atomic mass is 32.2. The van der Waals surface area contributed by atoms with E-state index in [1.807, 2.05) is 27.7 Å². The van der Waals surface area contributed by atoms with Crippen molar-refractivity contribution in [2.45, 2.75) is 162 Å². The summed E-state index contributed by atoms with van der Waals surface area (Å²) in [5.41, 5.74) is 10.9. The van der Waals surface area contributed by atoms with Crippen molar-refractivity contribution >= 4 is 41.6 Å². The van der Waals surface area contributed by atoms with E-state index < -0.39 is 64.2 Å². The van der Waals surface area contributed by atoms with Gasteiger partial charge in [-0.1, -0.05) is 12.1 Å². The summed E-state index contributed by atoms with van der Waals surface area (Å²) in [6.45, 7) is 14.1. The van der Waals surface area contributed by atoms with Gasteiger partial charge < -0.3 is 80.9 Å². The van der Waals surface area contributed by atoms with Crippen molar-refractivity contribution in [1.82, 2.24) is 30.2 Å². The Morgan fingerprint density at radius 3 is 1.35 bits per heavy atom. The first-order valence-corrected chi connectivity index (χ1v) is 40.8. The lowest BCUT2D eigenvalue weighted by molar-refractivity contribution is -0.158. The number of rotatable bonds is 9. The van der Waals surface area contributed by atoms with Crippen molar-refractivity contribution in [3.63, 3.8) is 0 Å². The first-order chi connectivity index (χ1) is 55.3. The van der Waals surface area contributed by atoms with Crippen molar-refractivity contribution < 1.29 is 95.3 Å². The van der Waals surface area contributed by atoms with E-state index in [4.69, 9.17) is 75.8 Å². The van der Waals surface area contributed by atoms with Gasteiger partial charge in [0.2, 0.25) is 13.6 Å². The quantitative estimate of drug-likeness (QED) is 0.0688. The summed E-state index contributed by atoms with van der Waals surface area (Å²) in [5, 5.41) is 39.6. The number of nitriles is 2. The maximum atomic E-state index is 15.1. The average molecular weight is 1610 g/mol. The Morgan fingerprint density at radius 2 is 0.939 bits per heavy atom. The highest BCUT2D eigenvalue weighted by Gasteiger charge is 2.65. The van der Waals surface area contributed by atoms with E-state index in [0.717, 1.165) is 77.9 Å². The number of phenols is 1. The Kier molecular flexibility index (Phi) is 19.8. The molecular formula is C85H96N8O20S2. The average Bonchev–Trinajstić information content (AvgIpc) is 1.44. The molecule has 0 radical (unpaired) electrons. The van der Waals surface area contributed by atoms with Gasteiger partial charge in [-0.25, -0.2) is 14.4 Å². The number of carbonyl (C=O) groups excluding carboxylic acids is 3. The number of ether oxygens (including phenoxy) is 16. The van der Waals surface area contributed by atoms with Crippen LogP contribution in [0.15, 0.2) is 36.4 Å². The van der Waals surface area contributed by atoms with Gasteiger partial charge >= 0.3 is 18.1 Å². The van der Waals surface area contributed by atoms with E-state index in [2.05, 4.69) is 68.6 Å². The summed E-state index contributed by atoms with van der Waals surface area (Å²) in [7, 11) is 17.2. The van der Waals surface area contributed by atoms with Gasteiger partial charge in [0.1, 0.15) is 42.4 Å². The molecule has 4 fully saturated rings. The number of methoxy groups -OCH3 is 8. The summed E-state index contributed by atoms with van der Waals surface area (Å²) < 4.78 is 97.5. The number of benzene rings is 6. The lowest BCUT2D eigenvalue weighted by atomic mass is 9.71. The fourth-order valence-corrected chi connectivity index (χ4v) is 24.5. The molecule has 2 unspecified atom stereocenters. The van der Waals surface area contributed by atoms with Crippen molar-refractivity contribution in [1.29, 1.82) is 10.5 Å². The zero-order chi connectivity index (χ0) is 81.1. The molecule has 14 aliphatic rings. The third kappa shape index (κ3) is 11.6. The zero-order valence-corrected chi connectivity index (χ0v) is 69.2. The van der Waals surface area contributed by atoms with Gasteiger partial charge in [0.15, 0.2) is 80.1 Å². The Hall–Kier alpha value is -9.63. The number of fused-ring (bicyclic) bond motifs is 18. The second kappa shape index (κ2) is 29.2. The molecule has 0 saturated carbocycles. The number of hydrogen-bond acceptors (Lipinski definition) is 30. The molecule has 6 aromatic rings. The smallest absolute Gasteiger partial charge is 0.504 e. The molecule has 8 bridgehead atoms. The number of piperazine rings is 2. The van der Waals surface area contributed by atoms with Gasteiger partial charge in [-0.05, 0) is 157 Å². The molecule has 115 heavy (non-hydrogen) atoms. The number of nitrogens with zero attached hydrogens (tertiary/aromatic N) is 6. The lowest BCUT2D eigenvalue weighted by Gasteiger charge is -2.62. The number of esters is 2. The molecule has 0 aliphatic carbocycles. The van der Waals surface area contributed by atoms with Gasteiger partial charge in [0.25, 0.3) is 0 Å². The molecular weight excluding hydrogens is 1520 g/mol. The van der Waals surface area contributed by atoms with E-state index in [1.165, 1.54) is 14.2 Å². The van der Waals surface area contributed by atoms with Crippen LogP contribution in [0, 0.1) is 50.4 Å². The van der Waals surface area contributed by atoms with Crippen molar-refractivity contribution in [3.8, 4) is 92.6 Å². The second-order valence-corrected chi connectivity index (χ2v) is 34.6. The van der Waals surface area contributed by atoms with Crippen molar-refractivity contribution in [3.05, 3.63) is 125 Å². The summed E-state index contributed by atoms with van der Waals surface area (Å²) >= 11 is 3.23. The highest BCUT2D eigenvalue weighted by molar-refractivity contribution is 7.99. The molecule has 6 aromatic carbocycles. The third-order valence-electron chi connectivity index (χ3n) is 25.7. The SMILES string of the molecule is COc1cc2c(cc1O)CCN[C@]21CS[C@@H]2c3c(OC)c(C)c4c(c3[C@H](COC1=O)N1C2[C@H]2c3c(cc(C)c(OC)c3OC)C[C@@H]([C@@H]1C#N)N2C)OCO4.COc1cc2c(cc1OC(=O)OC(C)(C)C)CCN[C@]21CS[C@@H]2c3c(OC)c(C)c4c(c3[C@H](COC1=O)N1C2[C@H]2c3c(cc(C)c(OC)c3OC)C[C@@H]([C@@H]1C#N)N2C)OCO4. The summed E-state index contributed by atoms with van der Waals surface area (Å²) in [5.74, 6) is 6.71. The maximum absolute atomic E-state index is 15.1. The van der Waals surface area contributed by atoms with Crippen LogP contribution >= 0.6 is 23.5 Å². The molecule has 30 heteroatoms. The fourth-order valence-electron chi connectivity index (χ4n) is 21.1. The number of likely N-dealkylation sites (N-methyl/N-ethyl adjacent to an activating group) is 2. The normalized spacial score (nSPS) is 28.3. The number of nitrogens with one attached hydrogen (secondary N) is 2. The topological polar surface area (TPSA) is 304 Å². The number of thioether (sulfide) groups is 2. The minimum absolute atomic E-state index is 0.0204. The molecule has 0 aromatic heterocycles. The predicted octanol–water partition coefficient (Wildman–Crippen LogP) is 10.4. The molecule has 4 saturated heterocycles. The van der Waals surface area contributed by atoms with Crippen molar-refractivity contribution in [2.24, 2.45) is 0 Å². The minimum atomic E-state index is -1.35. The van der Waals surface area contributed by atoms with E-state index >= 15 is 4.79 Å². The highest BCUT2D eigenvalue weighted by Crippen LogP contribution is 2.68. The Balaban J connectivity index is 0.000000167. The van der Waals surface area contributed by atoms with Gasteiger partial charge in [-0.15, -0.1) is 23.5 Å². The van der Waals surface area contributed by atoms with Crippen LogP contribution in [0.4, 0.5) is 4.79 Å². The van der Waals surface area contributed by atoms with Gasteiger partial charge in [0.05, 0.1) is 104 Å². The number of phenolic OH excluding ortho intramolecular Hbond substituents is 1. The first kappa shape index (κ1) is 77.9. The standard InChI is InChI=1S/C45H52N4O11S.C40H44N4O9S/c1-21-13-24-14-26-27(17-46)49-28-18-56-42(50)45(25-16-29(52-7)30(15-23(25)11-12-47-45)59-43(51)60-44(3,4)5)19-61-41(33-32(28)40-38(57-20-58-40)22(2)37(33)54-9)35(49)34(48(26)6)31(24)39(55-10)36(21)53-8;1-18-10-21-11-23-24(14-41)44-25-15-51-39(46)40(22-13-27(47-4)26(45)12-20(22)8-9-42-40)16-54-38(30-29(25)37-35(52-17-53-37)19(2)34(30)49-6)32(44)31(43(23)3)28(21)36(50-7)33(18)48-5/h13,15-16,26-28,34-35,41,47H,11-12,14,18-20H2,1-10H3;10,12-13,23-25,31-32,38,42,45H,8-9,11,15-17H2,1-7H3/t26-,27-,28-,34+,35?,41+,45+;23-,24-,25-,31+,32?,38+,40+/m00/s1. The Labute approximate surface area is 676 Å². The molecule has 28 nitrogen and oxygen atoms in total. The number of carbonyl (C=O) groups is 3. The molecule has 0 amide bonds. The molecule has 14 heterocycles. The van der Waals surface area contributed by atoms with E-state index in [1.54, 1.807) is 111 Å². The Bertz CT molecular complexity index is 5140. The van der Waals surface area contributed by atoms with Crippen LogP contribution in [0.3, 0.4) is 0 Å². The van der Waals surface area contributed by atoms with Crippen LogP contribution in [-0.4, -0.2) is 207 Å². The van der Waals surface area contributed by atoms with E-state index in [0.29, 0.717) is 107 Å². The first-order valence-electron chi connectivity index (χ1n) is 38.7. The van der Waals surface area contributed by atoms with Crippen LogP contribution in [0.2, 0.25) is 0 Å². The summed E-state index contributed by atoms with van der Waals surface area (Å²) in [4.78, 5) is 51.9. The molecule has 2 spiro atoms. The maximum Gasteiger partial charge on any atom is 0.514 e. The Morgan fingerprint density at radius 1 is 0.522 bits per heavy atom. The van der Waals surface area contributed by atoms with Crippen LogP contribution in [-0.2, 0) is 60.6 Å². The second-order valence-electron chi connectivity index (χ2n) is 32.3. The van der Waals surface area contributed by atoms with Crippen LogP contribution in [0.1, 0.15) is 144 Å². The van der Waals surface area contributed by atoms with Crippen molar-refractivity contribution in [2.75, 3.05) is 122 Å². The summed E-state index contributed by atoms with van der Waals surface area (Å²) in [6.07, 6.45) is 1.51. The molecule has 3 N–H and O–H groups in total. The molecule has 14 aliphatic heterocycles. The predicted molar refractivity (Wildman–Crippen MR) is 421 cm³/mol. The number of aryl methyl sites for hydroxylation is 2. The largest absolute Gasteiger partial charge is 0.514 e. The lowest BCUT2D eigenvalue weighted by Crippen LogP contribution is -2.69. The van der Waals surface area contributed by atoms with E-state index in [-0.39, 0.29) is 103 Å². The monoisotopic (exact) mass is 1610 g/mol.